The second kappa shape index (κ2) is 4.36. The van der Waals surface area contributed by atoms with Crippen LogP contribution in [0.5, 0.6) is 5.75 Å². The van der Waals surface area contributed by atoms with E-state index in [1.54, 1.807) is 0 Å². The van der Waals surface area contributed by atoms with Crippen molar-refractivity contribution in [1.29, 1.82) is 0 Å². The molecule has 0 aliphatic rings. The molecule has 1 unspecified atom stereocenters. The molecule has 0 spiro atoms. The highest BCUT2D eigenvalue weighted by molar-refractivity contribution is 7.81. The third kappa shape index (κ3) is 3.07. The van der Waals surface area contributed by atoms with E-state index in [9.17, 15) is 21.8 Å². The summed E-state index contributed by atoms with van der Waals surface area (Å²) >= 11 is 1.72. The van der Waals surface area contributed by atoms with E-state index in [0.29, 0.717) is 0 Å². The first kappa shape index (κ1) is 12.3. The zero-order valence-corrected chi connectivity index (χ0v) is 8.42. The molecule has 1 atom stereocenters. The van der Waals surface area contributed by atoms with Crippen molar-refractivity contribution in [2.75, 3.05) is 0 Å². The van der Waals surface area contributed by atoms with Gasteiger partial charge in [-0.3, -0.25) is 0 Å². The van der Waals surface area contributed by atoms with Gasteiger partial charge in [-0.05, 0) is 12.1 Å². The maximum Gasteiger partial charge on any atom is 0.508 e. The second-order valence-electron chi connectivity index (χ2n) is 2.31. The number of alkyl halides is 3. The van der Waals surface area contributed by atoms with Crippen LogP contribution in [0.1, 0.15) is 0 Å². The standard InChI is InChI=1S/C7H3ClF4O2S/c8-4-2-1-3-5(9)6(4)14-15(13)7(10,11)12/h1-3H. The molecule has 2 nitrogen and oxygen atoms in total. The summed E-state index contributed by atoms with van der Waals surface area (Å²) in [4.78, 5) is 0. The Hall–Kier alpha value is -0.820. The number of hydrogen-bond donors (Lipinski definition) is 0. The fourth-order valence-corrected chi connectivity index (χ4v) is 1.35. The Morgan fingerprint density at radius 2 is 1.93 bits per heavy atom. The van der Waals surface area contributed by atoms with Gasteiger partial charge in [-0.1, -0.05) is 17.7 Å². The average molecular weight is 263 g/mol. The average Bonchev–Trinajstić information content (AvgIpc) is 2.09. The van der Waals surface area contributed by atoms with Crippen molar-refractivity contribution in [3.8, 4) is 5.75 Å². The zero-order chi connectivity index (χ0) is 11.6. The van der Waals surface area contributed by atoms with E-state index in [1.807, 2.05) is 0 Å². The van der Waals surface area contributed by atoms with Crippen LogP contribution < -0.4 is 4.18 Å². The van der Waals surface area contributed by atoms with Crippen LogP contribution >= 0.6 is 11.6 Å². The number of rotatable bonds is 2. The minimum Gasteiger partial charge on any atom is -0.389 e. The molecule has 0 heterocycles. The lowest BCUT2D eigenvalue weighted by atomic mass is 10.3. The highest BCUT2D eigenvalue weighted by atomic mass is 35.5. The molecular formula is C7H3ClF4O2S. The van der Waals surface area contributed by atoms with Gasteiger partial charge < -0.3 is 4.18 Å². The van der Waals surface area contributed by atoms with E-state index in [4.69, 9.17) is 11.6 Å². The molecule has 84 valence electrons. The number of para-hydroxylation sites is 1. The topological polar surface area (TPSA) is 26.3 Å². The first-order valence-electron chi connectivity index (χ1n) is 3.43. The van der Waals surface area contributed by atoms with Gasteiger partial charge in [-0.25, -0.2) is 8.60 Å². The van der Waals surface area contributed by atoms with Crippen molar-refractivity contribution < 1.29 is 26.0 Å². The normalized spacial score (nSPS) is 13.7. The lowest BCUT2D eigenvalue weighted by Crippen LogP contribution is -2.21. The van der Waals surface area contributed by atoms with Crippen molar-refractivity contribution in [2.45, 2.75) is 5.51 Å². The van der Waals surface area contributed by atoms with E-state index in [2.05, 4.69) is 4.18 Å². The first-order valence-corrected chi connectivity index (χ1v) is 4.88. The summed E-state index contributed by atoms with van der Waals surface area (Å²) in [6.45, 7) is 0. The van der Waals surface area contributed by atoms with Gasteiger partial charge in [-0.15, -0.1) is 0 Å². The maximum atomic E-state index is 12.9. The molecule has 1 aromatic carbocycles. The highest BCUT2D eigenvalue weighted by Crippen LogP contribution is 2.31. The van der Waals surface area contributed by atoms with E-state index >= 15 is 0 Å². The molecule has 0 fully saturated rings. The SMILES string of the molecule is O=S(Oc1c(F)cccc1Cl)C(F)(F)F. The van der Waals surface area contributed by atoms with E-state index in [-0.39, 0.29) is 5.02 Å². The van der Waals surface area contributed by atoms with Crippen LogP contribution in [0.15, 0.2) is 18.2 Å². The van der Waals surface area contributed by atoms with Gasteiger partial charge in [0.15, 0.2) is 11.6 Å². The summed E-state index contributed by atoms with van der Waals surface area (Å²) in [5.41, 5.74) is -5.08. The molecule has 0 aliphatic carbocycles. The van der Waals surface area contributed by atoms with Crippen LogP contribution in [-0.4, -0.2) is 9.72 Å². The summed E-state index contributed by atoms with van der Waals surface area (Å²) in [6.07, 6.45) is 0. The van der Waals surface area contributed by atoms with Crippen LogP contribution in [0.2, 0.25) is 5.02 Å². The van der Waals surface area contributed by atoms with Gasteiger partial charge in [0.1, 0.15) is 0 Å². The minimum atomic E-state index is -5.08. The van der Waals surface area contributed by atoms with E-state index in [1.165, 1.54) is 6.07 Å². The van der Waals surface area contributed by atoms with Crippen LogP contribution in [0, 0.1) is 5.82 Å². The van der Waals surface area contributed by atoms with Crippen LogP contribution in [0.3, 0.4) is 0 Å². The Bertz CT molecular complexity index is 373. The lowest BCUT2D eigenvalue weighted by molar-refractivity contribution is -0.0438. The minimum absolute atomic E-state index is 0.382. The lowest BCUT2D eigenvalue weighted by Gasteiger charge is -2.08. The largest absolute Gasteiger partial charge is 0.508 e. The predicted molar refractivity (Wildman–Crippen MR) is 46.2 cm³/mol. The van der Waals surface area contributed by atoms with Gasteiger partial charge in [-0.2, -0.15) is 13.2 Å². The summed E-state index contributed by atoms with van der Waals surface area (Å²) in [6, 6.07) is 3.14. The van der Waals surface area contributed by atoms with Crippen molar-refractivity contribution in [1.82, 2.24) is 0 Å². The van der Waals surface area contributed by atoms with Gasteiger partial charge in [0.25, 0.3) is 0 Å². The van der Waals surface area contributed by atoms with Gasteiger partial charge in [0.05, 0.1) is 5.02 Å². The molecule has 0 saturated heterocycles. The zero-order valence-electron chi connectivity index (χ0n) is 6.85. The summed E-state index contributed by atoms with van der Waals surface area (Å²) < 4.78 is 62.7. The van der Waals surface area contributed by atoms with E-state index in [0.717, 1.165) is 12.1 Å². The van der Waals surface area contributed by atoms with Crippen LogP contribution in [-0.2, 0) is 11.1 Å². The Morgan fingerprint density at radius 1 is 1.33 bits per heavy atom. The Kier molecular flexibility index (Phi) is 3.56. The molecular weight excluding hydrogens is 260 g/mol. The predicted octanol–water partition coefficient (Wildman–Crippen LogP) is 3.04. The fraction of sp³-hybridized carbons (Fsp3) is 0.143. The Labute approximate surface area is 89.5 Å². The molecule has 0 N–H and O–H groups in total. The highest BCUT2D eigenvalue weighted by Gasteiger charge is 2.40. The number of hydrogen-bond acceptors (Lipinski definition) is 2. The monoisotopic (exact) mass is 262 g/mol. The second-order valence-corrected chi connectivity index (χ2v) is 3.82. The number of halogens is 5. The molecule has 0 aromatic heterocycles. The van der Waals surface area contributed by atoms with Crippen LogP contribution in [0.4, 0.5) is 17.6 Å². The van der Waals surface area contributed by atoms with E-state index < -0.39 is 28.2 Å². The summed E-state index contributed by atoms with van der Waals surface area (Å²) in [5, 5.41) is -0.382. The molecule has 0 aliphatic heterocycles. The smallest absolute Gasteiger partial charge is 0.389 e. The summed E-state index contributed by atoms with van der Waals surface area (Å²) in [7, 11) is 0. The molecule has 0 amide bonds. The molecule has 0 radical (unpaired) electrons. The quantitative estimate of drug-likeness (QED) is 0.766. The van der Waals surface area contributed by atoms with Crippen LogP contribution in [0.25, 0.3) is 0 Å². The van der Waals surface area contributed by atoms with Crippen molar-refractivity contribution in [3.63, 3.8) is 0 Å². The van der Waals surface area contributed by atoms with Gasteiger partial charge in [0.2, 0.25) is 0 Å². The third-order valence-electron chi connectivity index (χ3n) is 1.27. The molecule has 15 heavy (non-hydrogen) atoms. The Morgan fingerprint density at radius 3 is 2.40 bits per heavy atom. The molecule has 8 heteroatoms. The fourth-order valence-electron chi connectivity index (χ4n) is 0.685. The molecule has 0 saturated carbocycles. The molecule has 1 aromatic rings. The third-order valence-corrected chi connectivity index (χ3v) is 2.26. The summed E-state index contributed by atoms with van der Waals surface area (Å²) in [5.74, 6) is -1.99. The molecule has 1 rings (SSSR count). The van der Waals surface area contributed by atoms with Crippen molar-refractivity contribution in [2.24, 2.45) is 0 Å². The van der Waals surface area contributed by atoms with Gasteiger partial charge in [0, 0.05) is 0 Å². The maximum absolute atomic E-state index is 12.9. The molecule has 0 bridgehead atoms. The Balaban J connectivity index is 2.95. The van der Waals surface area contributed by atoms with Crippen molar-refractivity contribution in [3.05, 3.63) is 29.0 Å². The van der Waals surface area contributed by atoms with Gasteiger partial charge >= 0.3 is 16.6 Å². The number of benzene rings is 1. The first-order chi connectivity index (χ1) is 6.82. The van der Waals surface area contributed by atoms with Crippen molar-refractivity contribution >= 4 is 22.7 Å².